The van der Waals surface area contributed by atoms with Crippen LogP contribution in [-0.4, -0.2) is 42.8 Å². The molecule has 0 aromatic heterocycles. The lowest BCUT2D eigenvalue weighted by Crippen LogP contribution is -2.41. The number of carbonyl (C=O) groups is 3. The smallest absolute Gasteiger partial charge is 0.253 e. The van der Waals surface area contributed by atoms with Crippen LogP contribution in [0.2, 0.25) is 5.02 Å². The molecule has 1 unspecified atom stereocenters. The molecule has 1 atom stereocenters. The van der Waals surface area contributed by atoms with Crippen molar-refractivity contribution in [3.8, 4) is 0 Å². The summed E-state index contributed by atoms with van der Waals surface area (Å²) < 4.78 is 0. The van der Waals surface area contributed by atoms with Crippen LogP contribution in [0.1, 0.15) is 27.6 Å². The van der Waals surface area contributed by atoms with Crippen LogP contribution < -0.4 is 10.6 Å². The SMILES string of the molecule is CC(NC(=O)c1ccc(Cl)cc1)C(=O)Nc1ccc(C(=O)N(C)C)cc1. The van der Waals surface area contributed by atoms with Gasteiger partial charge in [-0.15, -0.1) is 0 Å². The Kier molecular flexibility index (Phi) is 6.36. The van der Waals surface area contributed by atoms with Crippen LogP contribution >= 0.6 is 11.6 Å². The van der Waals surface area contributed by atoms with Gasteiger partial charge in [0.1, 0.15) is 6.04 Å². The van der Waals surface area contributed by atoms with Gasteiger partial charge in [0.2, 0.25) is 5.91 Å². The molecule has 2 aromatic rings. The largest absolute Gasteiger partial charge is 0.345 e. The zero-order valence-corrected chi connectivity index (χ0v) is 15.5. The maximum Gasteiger partial charge on any atom is 0.253 e. The van der Waals surface area contributed by atoms with E-state index in [1.54, 1.807) is 69.6 Å². The Morgan fingerprint density at radius 2 is 1.46 bits per heavy atom. The minimum Gasteiger partial charge on any atom is -0.345 e. The molecule has 0 bridgehead atoms. The minimum absolute atomic E-state index is 0.119. The third-order valence-electron chi connectivity index (χ3n) is 3.65. The molecule has 136 valence electrons. The number of nitrogens with zero attached hydrogens (tertiary/aromatic N) is 1. The monoisotopic (exact) mass is 373 g/mol. The van der Waals surface area contributed by atoms with Crippen molar-refractivity contribution in [3.05, 3.63) is 64.7 Å². The number of nitrogens with one attached hydrogen (secondary N) is 2. The van der Waals surface area contributed by atoms with Crippen LogP contribution in [0.15, 0.2) is 48.5 Å². The third kappa shape index (κ3) is 5.07. The first-order valence-corrected chi connectivity index (χ1v) is 8.34. The van der Waals surface area contributed by atoms with E-state index in [0.29, 0.717) is 21.8 Å². The molecule has 7 heteroatoms. The maximum absolute atomic E-state index is 12.2. The van der Waals surface area contributed by atoms with E-state index in [1.165, 1.54) is 4.90 Å². The molecule has 26 heavy (non-hydrogen) atoms. The molecule has 0 fully saturated rings. The second-order valence-electron chi connectivity index (χ2n) is 5.97. The van der Waals surface area contributed by atoms with Crippen molar-refractivity contribution in [2.75, 3.05) is 19.4 Å². The van der Waals surface area contributed by atoms with Crippen LogP contribution in [-0.2, 0) is 4.79 Å². The summed E-state index contributed by atoms with van der Waals surface area (Å²) in [5.41, 5.74) is 1.48. The molecule has 0 heterocycles. The Labute approximate surface area is 157 Å². The highest BCUT2D eigenvalue weighted by atomic mass is 35.5. The fourth-order valence-corrected chi connectivity index (χ4v) is 2.28. The predicted molar refractivity (Wildman–Crippen MR) is 101 cm³/mol. The zero-order valence-electron chi connectivity index (χ0n) is 14.7. The van der Waals surface area contributed by atoms with Gasteiger partial charge in [-0.2, -0.15) is 0 Å². The molecular weight excluding hydrogens is 354 g/mol. The lowest BCUT2D eigenvalue weighted by atomic mass is 10.1. The highest BCUT2D eigenvalue weighted by molar-refractivity contribution is 6.30. The van der Waals surface area contributed by atoms with E-state index in [0.717, 1.165) is 0 Å². The van der Waals surface area contributed by atoms with Gasteiger partial charge >= 0.3 is 0 Å². The first-order valence-electron chi connectivity index (χ1n) is 7.97. The van der Waals surface area contributed by atoms with Gasteiger partial charge in [0.15, 0.2) is 0 Å². The molecule has 0 radical (unpaired) electrons. The Bertz CT molecular complexity index is 802. The molecule has 0 aliphatic rings. The number of benzene rings is 2. The van der Waals surface area contributed by atoms with Crippen molar-refractivity contribution < 1.29 is 14.4 Å². The van der Waals surface area contributed by atoms with E-state index in [4.69, 9.17) is 11.6 Å². The quantitative estimate of drug-likeness (QED) is 0.845. The van der Waals surface area contributed by atoms with Gasteiger partial charge in [-0.05, 0) is 55.5 Å². The topological polar surface area (TPSA) is 78.5 Å². The van der Waals surface area contributed by atoms with Crippen LogP contribution in [0.4, 0.5) is 5.69 Å². The Morgan fingerprint density at radius 1 is 0.923 bits per heavy atom. The molecule has 6 nitrogen and oxygen atoms in total. The van der Waals surface area contributed by atoms with Gasteiger partial charge in [0, 0.05) is 35.9 Å². The van der Waals surface area contributed by atoms with Gasteiger partial charge < -0.3 is 15.5 Å². The van der Waals surface area contributed by atoms with Crippen molar-refractivity contribution in [1.82, 2.24) is 10.2 Å². The number of anilines is 1. The third-order valence-corrected chi connectivity index (χ3v) is 3.90. The van der Waals surface area contributed by atoms with E-state index < -0.39 is 6.04 Å². The van der Waals surface area contributed by atoms with E-state index in [-0.39, 0.29) is 17.7 Å². The summed E-state index contributed by atoms with van der Waals surface area (Å²) in [6.07, 6.45) is 0. The molecule has 0 spiro atoms. The molecule has 2 rings (SSSR count). The second-order valence-corrected chi connectivity index (χ2v) is 6.40. The summed E-state index contributed by atoms with van der Waals surface area (Å²) >= 11 is 5.79. The first-order chi connectivity index (χ1) is 12.3. The molecular formula is C19H20ClN3O3. The van der Waals surface area contributed by atoms with Crippen molar-refractivity contribution in [1.29, 1.82) is 0 Å². The fraction of sp³-hybridized carbons (Fsp3) is 0.211. The molecule has 0 saturated carbocycles. The van der Waals surface area contributed by atoms with Crippen molar-refractivity contribution in [2.24, 2.45) is 0 Å². The van der Waals surface area contributed by atoms with E-state index in [1.807, 2.05) is 0 Å². The molecule has 2 aromatic carbocycles. The molecule has 0 aliphatic carbocycles. The molecule has 0 saturated heterocycles. The van der Waals surface area contributed by atoms with E-state index in [9.17, 15) is 14.4 Å². The summed E-state index contributed by atoms with van der Waals surface area (Å²) in [5.74, 6) is -0.846. The summed E-state index contributed by atoms with van der Waals surface area (Å²) in [6, 6.07) is 12.2. The number of carbonyl (C=O) groups excluding carboxylic acids is 3. The number of hydrogen-bond acceptors (Lipinski definition) is 3. The van der Waals surface area contributed by atoms with Crippen molar-refractivity contribution in [2.45, 2.75) is 13.0 Å². The summed E-state index contributed by atoms with van der Waals surface area (Å²) in [6.45, 7) is 1.59. The predicted octanol–water partition coefficient (Wildman–Crippen LogP) is 2.80. The minimum atomic E-state index is -0.735. The summed E-state index contributed by atoms with van der Waals surface area (Å²) in [7, 11) is 3.34. The Balaban J connectivity index is 1.95. The van der Waals surface area contributed by atoms with Gasteiger partial charge in [0.25, 0.3) is 11.8 Å². The molecule has 3 amide bonds. The highest BCUT2D eigenvalue weighted by Crippen LogP contribution is 2.12. The number of rotatable bonds is 5. The Morgan fingerprint density at radius 3 is 2.00 bits per heavy atom. The summed E-state index contributed by atoms with van der Waals surface area (Å²) in [5, 5.41) is 5.86. The summed E-state index contributed by atoms with van der Waals surface area (Å²) in [4.78, 5) is 37.7. The number of halogens is 1. The standard InChI is InChI=1S/C19H20ClN3O3/c1-12(21-18(25)13-4-8-15(20)9-5-13)17(24)22-16-10-6-14(7-11-16)19(26)23(2)3/h4-12H,1-3H3,(H,21,25)(H,22,24). The number of amides is 3. The molecule has 2 N–H and O–H groups in total. The van der Waals surface area contributed by atoms with Gasteiger partial charge in [0.05, 0.1) is 0 Å². The van der Waals surface area contributed by atoms with E-state index in [2.05, 4.69) is 10.6 Å². The van der Waals surface area contributed by atoms with Crippen LogP contribution in [0.3, 0.4) is 0 Å². The van der Waals surface area contributed by atoms with Crippen molar-refractivity contribution >= 4 is 35.0 Å². The van der Waals surface area contributed by atoms with Gasteiger partial charge in [-0.1, -0.05) is 11.6 Å². The average molecular weight is 374 g/mol. The Hall–Kier alpha value is -2.86. The van der Waals surface area contributed by atoms with E-state index >= 15 is 0 Å². The molecule has 0 aliphatic heterocycles. The number of hydrogen-bond donors (Lipinski definition) is 2. The van der Waals surface area contributed by atoms with Crippen LogP contribution in [0.25, 0.3) is 0 Å². The second kappa shape index (κ2) is 8.49. The zero-order chi connectivity index (χ0) is 19.3. The van der Waals surface area contributed by atoms with Crippen LogP contribution in [0.5, 0.6) is 0 Å². The van der Waals surface area contributed by atoms with Gasteiger partial charge in [-0.3, -0.25) is 14.4 Å². The highest BCUT2D eigenvalue weighted by Gasteiger charge is 2.17. The van der Waals surface area contributed by atoms with Crippen LogP contribution in [0, 0.1) is 0 Å². The lowest BCUT2D eigenvalue weighted by Gasteiger charge is -2.15. The van der Waals surface area contributed by atoms with Crippen molar-refractivity contribution in [3.63, 3.8) is 0 Å². The normalized spacial score (nSPS) is 11.4. The average Bonchev–Trinajstić information content (AvgIpc) is 2.62. The lowest BCUT2D eigenvalue weighted by molar-refractivity contribution is -0.117. The maximum atomic E-state index is 12.2. The first kappa shape index (κ1) is 19.5. The van der Waals surface area contributed by atoms with Gasteiger partial charge in [-0.25, -0.2) is 0 Å². The fourth-order valence-electron chi connectivity index (χ4n) is 2.15.